The van der Waals surface area contributed by atoms with Gasteiger partial charge < -0.3 is 15.4 Å². The topological polar surface area (TPSA) is 56.3 Å². The number of aromatic nitrogens is 2. The Labute approximate surface area is 126 Å². The first-order chi connectivity index (χ1) is 10.1. The van der Waals surface area contributed by atoms with E-state index in [4.69, 9.17) is 10.5 Å². The molecule has 1 heterocycles. The van der Waals surface area contributed by atoms with Crippen LogP contribution in [-0.2, 0) is 6.54 Å². The van der Waals surface area contributed by atoms with Crippen LogP contribution in [0.4, 0.5) is 5.69 Å². The third-order valence-corrected chi connectivity index (χ3v) is 3.54. The van der Waals surface area contributed by atoms with E-state index in [1.807, 2.05) is 30.9 Å². The standard InChI is InChI=1S/C16H24N4O/c1-5-9-20-16(14(21-4)11-18-20)15(17)12-7-6-8-13(10-12)19(2)3/h6-8,10-11,15H,5,9,17H2,1-4H3. The molecule has 0 fully saturated rings. The second-order valence-corrected chi connectivity index (χ2v) is 5.29. The molecule has 5 nitrogen and oxygen atoms in total. The lowest BCUT2D eigenvalue weighted by Gasteiger charge is -2.19. The number of hydrogen-bond donors (Lipinski definition) is 1. The van der Waals surface area contributed by atoms with E-state index in [0.29, 0.717) is 0 Å². The third kappa shape index (κ3) is 3.19. The Bertz CT molecular complexity index is 592. The predicted octanol–water partition coefficient (Wildman–Crippen LogP) is 2.42. The van der Waals surface area contributed by atoms with Gasteiger partial charge in [-0.05, 0) is 24.1 Å². The van der Waals surface area contributed by atoms with Crippen molar-refractivity contribution < 1.29 is 4.74 Å². The molecular formula is C16H24N4O. The van der Waals surface area contributed by atoms with Crippen molar-refractivity contribution in [2.24, 2.45) is 5.73 Å². The molecular weight excluding hydrogens is 264 g/mol. The second kappa shape index (κ2) is 6.63. The molecule has 1 aromatic heterocycles. The van der Waals surface area contributed by atoms with Gasteiger partial charge >= 0.3 is 0 Å². The van der Waals surface area contributed by atoms with E-state index >= 15 is 0 Å². The minimum Gasteiger partial charge on any atom is -0.493 e. The second-order valence-electron chi connectivity index (χ2n) is 5.29. The van der Waals surface area contributed by atoms with Crippen LogP contribution in [0.15, 0.2) is 30.5 Å². The van der Waals surface area contributed by atoms with E-state index in [1.54, 1.807) is 13.3 Å². The van der Waals surface area contributed by atoms with Gasteiger partial charge in [0.1, 0.15) is 5.69 Å². The first-order valence-corrected chi connectivity index (χ1v) is 7.21. The number of anilines is 1. The smallest absolute Gasteiger partial charge is 0.161 e. The summed E-state index contributed by atoms with van der Waals surface area (Å²) in [4.78, 5) is 2.07. The summed E-state index contributed by atoms with van der Waals surface area (Å²) < 4.78 is 7.36. The first-order valence-electron chi connectivity index (χ1n) is 7.21. The molecule has 0 amide bonds. The van der Waals surface area contributed by atoms with Crippen molar-refractivity contribution in [3.8, 4) is 5.75 Å². The van der Waals surface area contributed by atoms with Gasteiger partial charge in [-0.2, -0.15) is 5.10 Å². The number of aryl methyl sites for hydroxylation is 1. The van der Waals surface area contributed by atoms with Gasteiger partial charge in [0, 0.05) is 26.3 Å². The van der Waals surface area contributed by atoms with Gasteiger partial charge in [0.25, 0.3) is 0 Å². The minimum atomic E-state index is -0.256. The lowest BCUT2D eigenvalue weighted by atomic mass is 10.0. The lowest BCUT2D eigenvalue weighted by molar-refractivity contribution is 0.404. The number of nitrogens with zero attached hydrogens (tertiary/aromatic N) is 3. The number of ether oxygens (including phenoxy) is 1. The van der Waals surface area contributed by atoms with Crippen LogP contribution >= 0.6 is 0 Å². The Balaban J connectivity index is 2.41. The number of methoxy groups -OCH3 is 1. The number of rotatable bonds is 6. The van der Waals surface area contributed by atoms with Gasteiger partial charge in [0.15, 0.2) is 5.75 Å². The normalized spacial score (nSPS) is 12.2. The molecule has 0 saturated heterocycles. The highest BCUT2D eigenvalue weighted by molar-refractivity contribution is 5.49. The SMILES string of the molecule is CCCn1ncc(OC)c1C(N)c1cccc(N(C)C)c1. The van der Waals surface area contributed by atoms with Gasteiger partial charge in [0.05, 0.1) is 19.3 Å². The van der Waals surface area contributed by atoms with Crippen LogP contribution in [0.3, 0.4) is 0 Å². The van der Waals surface area contributed by atoms with E-state index in [9.17, 15) is 0 Å². The molecule has 5 heteroatoms. The molecule has 0 saturated carbocycles. The van der Waals surface area contributed by atoms with E-state index in [0.717, 1.165) is 35.7 Å². The van der Waals surface area contributed by atoms with Gasteiger partial charge in [-0.3, -0.25) is 4.68 Å². The molecule has 0 radical (unpaired) electrons. The average molecular weight is 288 g/mol. The summed E-state index contributed by atoms with van der Waals surface area (Å²) in [5.41, 5.74) is 9.59. The maximum Gasteiger partial charge on any atom is 0.161 e. The van der Waals surface area contributed by atoms with Crippen LogP contribution in [0.5, 0.6) is 5.75 Å². The molecule has 0 aliphatic rings. The summed E-state index contributed by atoms with van der Waals surface area (Å²) in [7, 11) is 5.69. The fraction of sp³-hybridized carbons (Fsp3) is 0.438. The van der Waals surface area contributed by atoms with Crippen molar-refractivity contribution in [3.63, 3.8) is 0 Å². The van der Waals surface area contributed by atoms with Crippen LogP contribution in [-0.4, -0.2) is 31.0 Å². The van der Waals surface area contributed by atoms with Crippen molar-refractivity contribution in [2.45, 2.75) is 25.9 Å². The Morgan fingerprint density at radius 3 is 2.76 bits per heavy atom. The Hall–Kier alpha value is -2.01. The molecule has 0 bridgehead atoms. The molecule has 21 heavy (non-hydrogen) atoms. The monoisotopic (exact) mass is 288 g/mol. The van der Waals surface area contributed by atoms with E-state index in [-0.39, 0.29) is 6.04 Å². The zero-order chi connectivity index (χ0) is 15.4. The Morgan fingerprint density at radius 1 is 1.38 bits per heavy atom. The largest absolute Gasteiger partial charge is 0.493 e. The van der Waals surface area contributed by atoms with Crippen LogP contribution in [0, 0.1) is 0 Å². The third-order valence-electron chi connectivity index (χ3n) is 3.54. The lowest BCUT2D eigenvalue weighted by Crippen LogP contribution is -2.19. The molecule has 114 valence electrons. The van der Waals surface area contributed by atoms with E-state index in [2.05, 4.69) is 29.1 Å². The Morgan fingerprint density at radius 2 is 2.14 bits per heavy atom. The van der Waals surface area contributed by atoms with Crippen molar-refractivity contribution in [3.05, 3.63) is 41.7 Å². The maximum absolute atomic E-state index is 6.48. The van der Waals surface area contributed by atoms with E-state index < -0.39 is 0 Å². The fourth-order valence-corrected chi connectivity index (χ4v) is 2.39. The highest BCUT2D eigenvalue weighted by Gasteiger charge is 2.20. The van der Waals surface area contributed by atoms with Crippen molar-refractivity contribution >= 4 is 5.69 Å². The van der Waals surface area contributed by atoms with Gasteiger partial charge in [-0.15, -0.1) is 0 Å². The van der Waals surface area contributed by atoms with Crippen LogP contribution in [0.2, 0.25) is 0 Å². The van der Waals surface area contributed by atoms with Crippen molar-refractivity contribution in [2.75, 3.05) is 26.1 Å². The molecule has 2 N–H and O–H groups in total. The number of hydrogen-bond acceptors (Lipinski definition) is 4. The van der Waals surface area contributed by atoms with Crippen LogP contribution < -0.4 is 15.4 Å². The van der Waals surface area contributed by atoms with Gasteiger partial charge in [-0.25, -0.2) is 0 Å². The van der Waals surface area contributed by atoms with Crippen molar-refractivity contribution in [1.29, 1.82) is 0 Å². The molecule has 0 aliphatic carbocycles. The van der Waals surface area contributed by atoms with Crippen LogP contribution in [0.1, 0.15) is 30.6 Å². The van der Waals surface area contributed by atoms with Gasteiger partial charge in [0.2, 0.25) is 0 Å². The van der Waals surface area contributed by atoms with Crippen LogP contribution in [0.25, 0.3) is 0 Å². The molecule has 1 unspecified atom stereocenters. The minimum absolute atomic E-state index is 0.256. The summed E-state index contributed by atoms with van der Waals surface area (Å²) in [5.74, 6) is 0.742. The molecule has 1 aromatic carbocycles. The summed E-state index contributed by atoms with van der Waals surface area (Å²) in [6.07, 6.45) is 2.74. The van der Waals surface area contributed by atoms with Crippen molar-refractivity contribution in [1.82, 2.24) is 9.78 Å². The summed E-state index contributed by atoms with van der Waals surface area (Å²) in [6, 6.07) is 7.98. The predicted molar refractivity (Wildman–Crippen MR) is 85.9 cm³/mol. The first kappa shape index (κ1) is 15.4. The quantitative estimate of drug-likeness (QED) is 0.887. The molecule has 2 rings (SSSR count). The van der Waals surface area contributed by atoms with E-state index in [1.165, 1.54) is 0 Å². The highest BCUT2D eigenvalue weighted by atomic mass is 16.5. The highest BCUT2D eigenvalue weighted by Crippen LogP contribution is 2.29. The Kier molecular flexibility index (Phi) is 4.85. The summed E-state index contributed by atoms with van der Waals surface area (Å²) >= 11 is 0. The number of nitrogens with two attached hydrogens (primary N) is 1. The number of benzene rings is 1. The molecule has 0 spiro atoms. The molecule has 1 atom stereocenters. The zero-order valence-electron chi connectivity index (χ0n) is 13.2. The molecule has 0 aliphatic heterocycles. The summed E-state index contributed by atoms with van der Waals surface area (Å²) in [6.45, 7) is 2.95. The maximum atomic E-state index is 6.48. The molecule has 2 aromatic rings. The zero-order valence-corrected chi connectivity index (χ0v) is 13.2. The average Bonchev–Trinajstić information content (AvgIpc) is 2.89. The van der Waals surface area contributed by atoms with Gasteiger partial charge in [-0.1, -0.05) is 19.1 Å². The summed E-state index contributed by atoms with van der Waals surface area (Å²) in [5, 5.41) is 4.38. The fourth-order valence-electron chi connectivity index (χ4n) is 2.39.